The van der Waals surface area contributed by atoms with Gasteiger partial charge in [-0.2, -0.15) is 0 Å². The van der Waals surface area contributed by atoms with Crippen molar-refractivity contribution >= 4 is 23.2 Å². The fraction of sp³-hybridized carbons (Fsp3) is 0.167. The van der Waals surface area contributed by atoms with Gasteiger partial charge in [0.05, 0.1) is 24.1 Å². The number of imide groups is 1. The first-order chi connectivity index (χ1) is 10.8. The highest BCUT2D eigenvalue weighted by Gasteiger charge is 2.34. The van der Waals surface area contributed by atoms with Crippen molar-refractivity contribution in [2.24, 2.45) is 0 Å². The lowest BCUT2D eigenvalue weighted by Crippen LogP contribution is -2.34. The van der Waals surface area contributed by atoms with E-state index in [1.165, 1.54) is 0 Å². The number of benzene rings is 1. The lowest BCUT2D eigenvalue weighted by atomic mass is 10.2. The lowest BCUT2D eigenvalue weighted by molar-refractivity contribution is -0.384. The quantitative estimate of drug-likeness (QED) is 0.355. The van der Waals surface area contributed by atoms with E-state index in [2.05, 4.69) is 0 Å². The largest absolute Gasteiger partial charge is 0.395 e. The molecular weight excluding hydrogens is 323 g/mol. The first-order valence-electron chi connectivity index (χ1n) is 6.05. The molecule has 11 heteroatoms. The molecule has 0 aromatic heterocycles. The third kappa shape index (κ3) is 2.85. The predicted octanol–water partition coefficient (Wildman–Crippen LogP) is 0.669. The molecule has 0 atom stereocenters. The Morgan fingerprint density at radius 3 is 2.48 bits per heavy atom. The number of nitrogens with one attached hydrogen (secondary N) is 1. The fourth-order valence-electron chi connectivity index (χ4n) is 1.89. The minimum Gasteiger partial charge on any atom is -0.395 e. The summed E-state index contributed by atoms with van der Waals surface area (Å²) >= 11 is 0. The highest BCUT2D eigenvalue weighted by molar-refractivity contribution is 6.17. The zero-order valence-electron chi connectivity index (χ0n) is 11.2. The standard InChI is InChI=1S/C12H8F3N3O5/c13-5-3-7(18(22)23)11(10(15)9(5)14)16-6-4-8(20)17(1-2-19)12(6)21/h3-4,16,19H,1-2H2. The number of carbonyl (C=O) groups excluding carboxylic acids is 2. The minimum absolute atomic E-state index is 0.147. The number of nitro groups is 1. The van der Waals surface area contributed by atoms with Gasteiger partial charge in [0.1, 0.15) is 5.70 Å². The second kappa shape index (κ2) is 6.04. The molecule has 0 fully saturated rings. The monoisotopic (exact) mass is 331 g/mol. The van der Waals surface area contributed by atoms with Gasteiger partial charge in [0.15, 0.2) is 23.1 Å². The molecule has 1 aromatic carbocycles. The summed E-state index contributed by atoms with van der Waals surface area (Å²) in [5.74, 6) is -7.50. The molecule has 0 aliphatic carbocycles. The van der Waals surface area contributed by atoms with Crippen molar-refractivity contribution in [3.8, 4) is 0 Å². The molecule has 2 amide bonds. The lowest BCUT2D eigenvalue weighted by Gasteiger charge is -2.13. The topological polar surface area (TPSA) is 113 Å². The predicted molar refractivity (Wildman–Crippen MR) is 68.5 cm³/mol. The Morgan fingerprint density at radius 2 is 1.91 bits per heavy atom. The molecule has 1 aromatic rings. The molecule has 1 aliphatic heterocycles. The van der Waals surface area contributed by atoms with Crippen LogP contribution in [-0.4, -0.2) is 39.9 Å². The summed E-state index contributed by atoms with van der Waals surface area (Å²) in [5.41, 5.74) is -2.81. The number of anilines is 1. The fourth-order valence-corrected chi connectivity index (χ4v) is 1.89. The third-order valence-corrected chi connectivity index (χ3v) is 2.93. The summed E-state index contributed by atoms with van der Waals surface area (Å²) in [6.45, 7) is -0.875. The van der Waals surface area contributed by atoms with Crippen LogP contribution in [-0.2, 0) is 9.59 Å². The zero-order chi connectivity index (χ0) is 17.3. The van der Waals surface area contributed by atoms with Gasteiger partial charge in [0.25, 0.3) is 17.5 Å². The van der Waals surface area contributed by atoms with Crippen molar-refractivity contribution in [1.82, 2.24) is 4.90 Å². The molecule has 2 N–H and O–H groups in total. The van der Waals surface area contributed by atoms with Crippen LogP contribution in [0.4, 0.5) is 24.5 Å². The smallest absolute Gasteiger partial charge is 0.298 e. The van der Waals surface area contributed by atoms with Crippen LogP contribution >= 0.6 is 0 Å². The van der Waals surface area contributed by atoms with Gasteiger partial charge >= 0.3 is 0 Å². The normalized spacial score (nSPS) is 14.3. The zero-order valence-corrected chi connectivity index (χ0v) is 11.2. The van der Waals surface area contributed by atoms with Gasteiger partial charge in [0.2, 0.25) is 0 Å². The summed E-state index contributed by atoms with van der Waals surface area (Å²) in [5, 5.41) is 21.5. The average Bonchev–Trinajstić information content (AvgIpc) is 2.75. The number of nitrogens with zero attached hydrogens (tertiary/aromatic N) is 2. The molecule has 0 radical (unpaired) electrons. The minimum atomic E-state index is -1.97. The summed E-state index contributed by atoms with van der Waals surface area (Å²) in [4.78, 5) is 33.6. The highest BCUT2D eigenvalue weighted by Crippen LogP contribution is 2.32. The SMILES string of the molecule is O=C1C=C(Nc2c([N+](=O)[O-])cc(F)c(F)c2F)C(=O)N1CCO. The molecule has 1 heterocycles. The Morgan fingerprint density at radius 1 is 1.26 bits per heavy atom. The van der Waals surface area contributed by atoms with E-state index in [9.17, 15) is 32.9 Å². The van der Waals surface area contributed by atoms with E-state index >= 15 is 0 Å². The van der Waals surface area contributed by atoms with E-state index in [-0.39, 0.29) is 12.6 Å². The van der Waals surface area contributed by atoms with Gasteiger partial charge in [-0.05, 0) is 0 Å². The Hall–Kier alpha value is -2.95. The molecule has 0 saturated carbocycles. The number of aliphatic hydroxyl groups excluding tert-OH is 1. The van der Waals surface area contributed by atoms with E-state index < -0.39 is 57.9 Å². The Labute approximate surface area is 126 Å². The molecule has 0 spiro atoms. The van der Waals surface area contributed by atoms with Crippen LogP contribution in [0.2, 0.25) is 0 Å². The molecule has 8 nitrogen and oxygen atoms in total. The van der Waals surface area contributed by atoms with Crippen LogP contribution in [0.1, 0.15) is 0 Å². The van der Waals surface area contributed by atoms with Crippen molar-refractivity contribution < 1.29 is 32.8 Å². The van der Waals surface area contributed by atoms with Crippen LogP contribution in [0.3, 0.4) is 0 Å². The number of rotatable bonds is 5. The number of aliphatic hydroxyl groups is 1. The van der Waals surface area contributed by atoms with Crippen LogP contribution in [0, 0.1) is 27.6 Å². The van der Waals surface area contributed by atoms with E-state index in [0.717, 1.165) is 0 Å². The molecular formula is C12H8F3N3O5. The molecule has 0 bridgehead atoms. The van der Waals surface area contributed by atoms with Gasteiger partial charge in [-0.25, -0.2) is 13.2 Å². The number of nitro benzene ring substituents is 1. The molecule has 1 aliphatic rings. The number of halogens is 3. The second-order valence-corrected chi connectivity index (χ2v) is 4.34. The number of β-amino-alcohol motifs (C(OH)–C–C–N with tert-alkyl or cyclic N) is 1. The molecule has 0 saturated heterocycles. The van der Waals surface area contributed by atoms with Gasteiger partial charge in [0, 0.05) is 6.08 Å². The van der Waals surface area contributed by atoms with E-state index in [0.29, 0.717) is 11.0 Å². The first kappa shape index (κ1) is 16.4. The maximum atomic E-state index is 13.7. The van der Waals surface area contributed by atoms with Crippen molar-refractivity contribution in [2.75, 3.05) is 18.5 Å². The van der Waals surface area contributed by atoms with E-state index in [4.69, 9.17) is 5.11 Å². The summed E-state index contributed by atoms with van der Waals surface area (Å²) in [6, 6.07) is 0.147. The third-order valence-electron chi connectivity index (χ3n) is 2.93. The number of carbonyl (C=O) groups is 2. The number of hydrogen-bond acceptors (Lipinski definition) is 6. The number of hydrogen-bond donors (Lipinski definition) is 2. The summed E-state index contributed by atoms with van der Waals surface area (Å²) in [7, 11) is 0. The molecule has 122 valence electrons. The van der Waals surface area contributed by atoms with Crippen molar-refractivity contribution in [3.05, 3.63) is 45.4 Å². The first-order valence-corrected chi connectivity index (χ1v) is 6.05. The second-order valence-electron chi connectivity index (χ2n) is 4.34. The Balaban J connectivity index is 2.43. The van der Waals surface area contributed by atoms with Crippen LogP contribution < -0.4 is 5.32 Å². The van der Waals surface area contributed by atoms with Gasteiger partial charge < -0.3 is 10.4 Å². The van der Waals surface area contributed by atoms with Crippen molar-refractivity contribution in [2.45, 2.75) is 0 Å². The maximum Gasteiger partial charge on any atom is 0.298 e. The van der Waals surface area contributed by atoms with E-state index in [1.54, 1.807) is 0 Å². The Bertz CT molecular complexity index is 750. The van der Waals surface area contributed by atoms with E-state index in [1.807, 2.05) is 5.32 Å². The molecule has 23 heavy (non-hydrogen) atoms. The highest BCUT2D eigenvalue weighted by atomic mass is 19.2. The maximum absolute atomic E-state index is 13.7. The summed E-state index contributed by atoms with van der Waals surface area (Å²) in [6.07, 6.45) is 0.697. The van der Waals surface area contributed by atoms with Crippen LogP contribution in [0.25, 0.3) is 0 Å². The van der Waals surface area contributed by atoms with Gasteiger partial charge in [-0.15, -0.1) is 0 Å². The Kier molecular flexibility index (Phi) is 4.31. The molecule has 0 unspecified atom stereocenters. The van der Waals surface area contributed by atoms with Crippen LogP contribution in [0.15, 0.2) is 17.8 Å². The van der Waals surface area contributed by atoms with Crippen molar-refractivity contribution in [1.29, 1.82) is 0 Å². The molecule has 2 rings (SSSR count). The van der Waals surface area contributed by atoms with Gasteiger partial charge in [-0.1, -0.05) is 0 Å². The summed E-state index contributed by atoms with van der Waals surface area (Å²) < 4.78 is 40.1. The average molecular weight is 331 g/mol. The van der Waals surface area contributed by atoms with Crippen LogP contribution in [0.5, 0.6) is 0 Å². The number of amides is 2. The van der Waals surface area contributed by atoms with Gasteiger partial charge in [-0.3, -0.25) is 24.6 Å². The van der Waals surface area contributed by atoms with Crippen molar-refractivity contribution in [3.63, 3.8) is 0 Å².